The Morgan fingerprint density at radius 2 is 1.70 bits per heavy atom. The van der Waals surface area contributed by atoms with E-state index < -0.39 is 0 Å². The molecule has 1 aliphatic heterocycles. The van der Waals surface area contributed by atoms with Crippen molar-refractivity contribution in [2.24, 2.45) is 0 Å². The van der Waals surface area contributed by atoms with Crippen molar-refractivity contribution < 1.29 is 9.66 Å². The predicted molar refractivity (Wildman–Crippen MR) is 105 cm³/mol. The molecule has 0 amide bonds. The van der Waals surface area contributed by atoms with Gasteiger partial charge in [-0.3, -0.25) is 10.1 Å². The van der Waals surface area contributed by atoms with E-state index in [-0.39, 0.29) is 10.6 Å². The molecule has 0 atom stereocenters. The fourth-order valence-electron chi connectivity index (χ4n) is 3.45. The maximum atomic E-state index is 11.0. The third-order valence-corrected chi connectivity index (χ3v) is 4.76. The normalized spacial score (nSPS) is 13.1. The van der Waals surface area contributed by atoms with Crippen molar-refractivity contribution in [1.29, 1.82) is 0 Å². The molecule has 0 fully saturated rings. The maximum absolute atomic E-state index is 11.0. The third-order valence-electron chi connectivity index (χ3n) is 4.76. The molecule has 0 aromatic heterocycles. The molecular weight excluding hydrogens is 340 g/mol. The number of nitro benzene ring substituents is 1. The number of ether oxygens (including phenoxy) is 1. The Hall–Kier alpha value is -3.34. The van der Waals surface area contributed by atoms with Gasteiger partial charge < -0.3 is 9.64 Å². The van der Waals surface area contributed by atoms with Gasteiger partial charge >= 0.3 is 0 Å². The number of hydrogen-bond donors (Lipinski definition) is 0. The Kier molecular flexibility index (Phi) is 4.75. The molecule has 0 saturated heterocycles. The van der Waals surface area contributed by atoms with Crippen molar-refractivity contribution in [3.05, 3.63) is 94.0 Å². The van der Waals surface area contributed by atoms with Crippen LogP contribution in [0.5, 0.6) is 11.5 Å². The summed E-state index contributed by atoms with van der Waals surface area (Å²) in [5.74, 6) is 1.62. The van der Waals surface area contributed by atoms with E-state index in [2.05, 4.69) is 17.0 Å². The highest BCUT2D eigenvalue weighted by Gasteiger charge is 2.19. The second-order valence-electron chi connectivity index (χ2n) is 6.65. The summed E-state index contributed by atoms with van der Waals surface area (Å²) in [4.78, 5) is 13.0. The molecule has 0 saturated carbocycles. The van der Waals surface area contributed by atoms with E-state index in [0.717, 1.165) is 48.7 Å². The minimum Gasteiger partial charge on any atom is -0.457 e. The first-order chi connectivity index (χ1) is 13.2. The van der Waals surface area contributed by atoms with Crippen molar-refractivity contribution in [2.45, 2.75) is 19.4 Å². The lowest BCUT2D eigenvalue weighted by Crippen LogP contribution is -2.28. The van der Waals surface area contributed by atoms with Crippen molar-refractivity contribution in [3.8, 4) is 11.5 Å². The zero-order valence-corrected chi connectivity index (χ0v) is 14.9. The van der Waals surface area contributed by atoms with E-state index in [0.29, 0.717) is 0 Å². The van der Waals surface area contributed by atoms with E-state index in [1.807, 2.05) is 48.5 Å². The number of benzene rings is 3. The van der Waals surface area contributed by atoms with Gasteiger partial charge in [-0.05, 0) is 54.3 Å². The van der Waals surface area contributed by atoms with Gasteiger partial charge in [0.05, 0.1) is 4.92 Å². The molecule has 1 aliphatic rings. The summed E-state index contributed by atoms with van der Waals surface area (Å²) in [6.45, 7) is 1.73. The first-order valence-electron chi connectivity index (χ1n) is 9.03. The van der Waals surface area contributed by atoms with Crippen LogP contribution < -0.4 is 9.64 Å². The zero-order chi connectivity index (χ0) is 18.6. The highest BCUT2D eigenvalue weighted by Crippen LogP contribution is 2.32. The van der Waals surface area contributed by atoms with Crippen LogP contribution in [0, 0.1) is 10.1 Å². The summed E-state index contributed by atoms with van der Waals surface area (Å²) < 4.78 is 5.84. The van der Waals surface area contributed by atoms with E-state index in [4.69, 9.17) is 4.74 Å². The molecule has 0 N–H and O–H groups in total. The Balaban J connectivity index is 1.48. The smallest absolute Gasteiger partial charge is 0.269 e. The molecule has 136 valence electrons. The van der Waals surface area contributed by atoms with E-state index in [1.54, 1.807) is 12.1 Å². The van der Waals surface area contributed by atoms with Crippen molar-refractivity contribution >= 4 is 11.4 Å². The number of non-ortho nitro benzene ring substituents is 1. The van der Waals surface area contributed by atoms with E-state index in [9.17, 15) is 10.1 Å². The van der Waals surface area contributed by atoms with E-state index in [1.165, 1.54) is 5.56 Å². The number of anilines is 1. The highest BCUT2D eigenvalue weighted by atomic mass is 16.6. The maximum Gasteiger partial charge on any atom is 0.269 e. The summed E-state index contributed by atoms with van der Waals surface area (Å²) in [6.07, 6.45) is 1.89. The lowest BCUT2D eigenvalue weighted by atomic mass is 10.0. The number of rotatable bonds is 5. The first-order valence-corrected chi connectivity index (χ1v) is 9.03. The second kappa shape index (κ2) is 7.50. The molecule has 4 rings (SSSR count). The number of para-hydroxylation sites is 1. The van der Waals surface area contributed by atoms with Gasteiger partial charge in [-0.25, -0.2) is 0 Å². The van der Waals surface area contributed by atoms with Crippen molar-refractivity contribution in [3.63, 3.8) is 0 Å². The topological polar surface area (TPSA) is 55.6 Å². The van der Waals surface area contributed by atoms with E-state index >= 15 is 0 Å². The van der Waals surface area contributed by atoms with Crippen molar-refractivity contribution in [1.82, 2.24) is 0 Å². The van der Waals surface area contributed by atoms with Gasteiger partial charge in [-0.15, -0.1) is 0 Å². The SMILES string of the molecule is O=[N+]([O-])c1ccc2c(c1)CCCN2Cc1ccc(Oc2ccccc2)cc1. The largest absolute Gasteiger partial charge is 0.457 e. The fourth-order valence-corrected chi connectivity index (χ4v) is 3.45. The van der Waals surface area contributed by atoms with Gasteiger partial charge in [0, 0.05) is 30.9 Å². The lowest BCUT2D eigenvalue weighted by Gasteiger charge is -2.31. The van der Waals surface area contributed by atoms with Gasteiger partial charge in [-0.1, -0.05) is 30.3 Å². The average Bonchev–Trinajstić information content (AvgIpc) is 2.70. The van der Waals surface area contributed by atoms with Crippen molar-refractivity contribution in [2.75, 3.05) is 11.4 Å². The van der Waals surface area contributed by atoms with Gasteiger partial charge in [-0.2, -0.15) is 0 Å². The number of nitrogens with zero attached hydrogens (tertiary/aromatic N) is 2. The Morgan fingerprint density at radius 3 is 2.44 bits per heavy atom. The minimum atomic E-state index is -0.329. The third kappa shape index (κ3) is 3.92. The number of fused-ring (bicyclic) bond motifs is 1. The number of hydrogen-bond acceptors (Lipinski definition) is 4. The molecule has 1 heterocycles. The summed E-state index contributed by atoms with van der Waals surface area (Å²) in [5, 5.41) is 11.0. The molecule has 0 unspecified atom stereocenters. The van der Waals surface area contributed by atoms with Gasteiger partial charge in [0.2, 0.25) is 0 Å². The molecule has 5 nitrogen and oxygen atoms in total. The predicted octanol–water partition coefficient (Wildman–Crippen LogP) is 5.34. The molecule has 0 radical (unpaired) electrons. The molecular formula is C22H20N2O3. The summed E-state index contributed by atoms with van der Waals surface area (Å²) >= 11 is 0. The molecule has 27 heavy (non-hydrogen) atoms. The number of aryl methyl sites for hydroxylation is 1. The van der Waals surface area contributed by atoms with Crippen LogP contribution in [0.1, 0.15) is 17.5 Å². The molecule has 0 aliphatic carbocycles. The van der Waals surface area contributed by atoms with Crippen LogP contribution in [0.15, 0.2) is 72.8 Å². The van der Waals surface area contributed by atoms with Gasteiger partial charge in [0.15, 0.2) is 0 Å². The molecule has 3 aromatic carbocycles. The van der Waals surface area contributed by atoms with Gasteiger partial charge in [0.25, 0.3) is 5.69 Å². The summed E-state index contributed by atoms with van der Waals surface area (Å²) in [7, 11) is 0. The van der Waals surface area contributed by atoms with Crippen LogP contribution in [-0.2, 0) is 13.0 Å². The van der Waals surface area contributed by atoms with Crippen LogP contribution in [0.4, 0.5) is 11.4 Å². The van der Waals surface area contributed by atoms with Gasteiger partial charge in [0.1, 0.15) is 11.5 Å². The molecule has 0 bridgehead atoms. The Labute approximate surface area is 158 Å². The first kappa shape index (κ1) is 17.1. The monoisotopic (exact) mass is 360 g/mol. The standard InChI is InChI=1S/C22H20N2O3/c25-24(26)19-10-13-22-18(15-19)5-4-14-23(22)16-17-8-11-21(12-9-17)27-20-6-2-1-3-7-20/h1-3,6-13,15H,4-5,14,16H2. The Morgan fingerprint density at radius 1 is 0.963 bits per heavy atom. The minimum absolute atomic E-state index is 0.165. The zero-order valence-electron chi connectivity index (χ0n) is 14.9. The molecule has 5 heteroatoms. The lowest BCUT2D eigenvalue weighted by molar-refractivity contribution is -0.384. The van der Waals surface area contributed by atoms with Crippen LogP contribution in [0.25, 0.3) is 0 Å². The van der Waals surface area contributed by atoms with Crippen LogP contribution in [-0.4, -0.2) is 11.5 Å². The average molecular weight is 360 g/mol. The molecule has 0 spiro atoms. The quantitative estimate of drug-likeness (QED) is 0.455. The molecule has 3 aromatic rings. The second-order valence-corrected chi connectivity index (χ2v) is 6.65. The highest BCUT2D eigenvalue weighted by molar-refractivity contribution is 5.59. The summed E-state index contributed by atoms with van der Waals surface area (Å²) in [5.41, 5.74) is 3.50. The Bertz CT molecular complexity index is 940. The fraction of sp³-hybridized carbons (Fsp3) is 0.182. The van der Waals surface area contributed by atoms with Crippen LogP contribution >= 0.6 is 0 Å². The van der Waals surface area contributed by atoms with Crippen LogP contribution in [0.2, 0.25) is 0 Å². The number of nitro groups is 1. The van der Waals surface area contributed by atoms with Crippen LogP contribution in [0.3, 0.4) is 0 Å². The summed E-state index contributed by atoms with van der Waals surface area (Å²) in [6, 6.07) is 23.0.